The van der Waals surface area contributed by atoms with E-state index in [0.29, 0.717) is 13.1 Å². The van der Waals surface area contributed by atoms with Crippen molar-refractivity contribution in [1.29, 1.82) is 0 Å². The summed E-state index contributed by atoms with van der Waals surface area (Å²) in [7, 11) is 0. The monoisotopic (exact) mass is 288 g/mol. The lowest BCUT2D eigenvalue weighted by Gasteiger charge is -2.23. The van der Waals surface area contributed by atoms with Crippen molar-refractivity contribution in [3.8, 4) is 0 Å². The Morgan fingerprint density at radius 1 is 1.33 bits per heavy atom. The SMILES string of the molecule is O=C(CN1C[C@@H]2CCC[C@@]2(C(=O)O)C1)Nc1ccccc1. The third-order valence-corrected chi connectivity index (χ3v) is 4.79. The van der Waals surface area contributed by atoms with Gasteiger partial charge in [-0.2, -0.15) is 0 Å². The van der Waals surface area contributed by atoms with Crippen LogP contribution >= 0.6 is 0 Å². The number of nitrogens with zero attached hydrogens (tertiary/aromatic N) is 1. The summed E-state index contributed by atoms with van der Waals surface area (Å²) in [6.45, 7) is 1.48. The van der Waals surface area contributed by atoms with Crippen LogP contribution < -0.4 is 5.32 Å². The van der Waals surface area contributed by atoms with Gasteiger partial charge in [0.2, 0.25) is 5.91 Å². The Kier molecular flexibility index (Phi) is 3.68. The summed E-state index contributed by atoms with van der Waals surface area (Å²) in [4.78, 5) is 25.6. The molecule has 0 spiro atoms. The summed E-state index contributed by atoms with van der Waals surface area (Å²) < 4.78 is 0. The lowest BCUT2D eigenvalue weighted by Crippen LogP contribution is -2.37. The number of para-hydroxylation sites is 1. The first-order chi connectivity index (χ1) is 10.1. The Labute approximate surface area is 123 Å². The predicted octanol–water partition coefficient (Wildman–Crippen LogP) is 1.81. The normalized spacial score (nSPS) is 28.3. The Balaban J connectivity index is 1.60. The number of fused-ring (bicyclic) bond motifs is 1. The molecule has 2 N–H and O–H groups in total. The molecule has 112 valence electrons. The number of carboxylic acid groups (broad SMARTS) is 1. The molecule has 1 heterocycles. The van der Waals surface area contributed by atoms with Gasteiger partial charge in [0, 0.05) is 18.8 Å². The lowest BCUT2D eigenvalue weighted by molar-refractivity contribution is -0.149. The number of anilines is 1. The van der Waals surface area contributed by atoms with E-state index in [1.807, 2.05) is 35.2 Å². The van der Waals surface area contributed by atoms with Crippen molar-refractivity contribution in [3.63, 3.8) is 0 Å². The first-order valence-electron chi connectivity index (χ1n) is 7.41. The highest BCUT2D eigenvalue weighted by Crippen LogP contribution is 2.48. The van der Waals surface area contributed by atoms with E-state index in [2.05, 4.69) is 5.32 Å². The van der Waals surface area contributed by atoms with Gasteiger partial charge < -0.3 is 10.4 Å². The van der Waals surface area contributed by atoms with Gasteiger partial charge in [0.1, 0.15) is 0 Å². The minimum atomic E-state index is -0.698. The Morgan fingerprint density at radius 2 is 2.10 bits per heavy atom. The van der Waals surface area contributed by atoms with E-state index in [9.17, 15) is 14.7 Å². The minimum absolute atomic E-state index is 0.0817. The Morgan fingerprint density at radius 3 is 2.76 bits per heavy atom. The molecular weight excluding hydrogens is 268 g/mol. The van der Waals surface area contributed by atoms with Crippen LogP contribution in [0.15, 0.2) is 30.3 Å². The Bertz CT molecular complexity index is 546. The summed E-state index contributed by atoms with van der Waals surface area (Å²) in [5.41, 5.74) is 0.155. The fourth-order valence-electron chi connectivity index (χ4n) is 3.79. The number of carbonyl (C=O) groups is 2. The molecule has 1 aliphatic heterocycles. The summed E-state index contributed by atoms with van der Waals surface area (Å²) in [6, 6.07) is 9.32. The van der Waals surface area contributed by atoms with E-state index >= 15 is 0 Å². The summed E-state index contributed by atoms with van der Waals surface area (Å²) in [5.74, 6) is -0.586. The molecule has 0 unspecified atom stereocenters. The summed E-state index contributed by atoms with van der Waals surface area (Å²) in [6.07, 6.45) is 2.69. The lowest BCUT2D eigenvalue weighted by atomic mass is 9.81. The summed E-state index contributed by atoms with van der Waals surface area (Å²) >= 11 is 0. The minimum Gasteiger partial charge on any atom is -0.481 e. The predicted molar refractivity (Wildman–Crippen MR) is 78.9 cm³/mol. The maximum absolute atomic E-state index is 12.1. The molecule has 5 heteroatoms. The molecule has 1 aromatic carbocycles. The van der Waals surface area contributed by atoms with Crippen molar-refractivity contribution in [2.75, 3.05) is 25.0 Å². The zero-order valence-corrected chi connectivity index (χ0v) is 11.9. The highest BCUT2D eigenvalue weighted by molar-refractivity contribution is 5.92. The standard InChI is InChI=1S/C16H20N2O3/c19-14(17-13-6-2-1-3-7-13)10-18-9-12-5-4-8-16(12,11-18)15(20)21/h1-3,6-7,12H,4-5,8-11H2,(H,17,19)(H,20,21)/t12-,16+/m0/s1. The molecular formula is C16H20N2O3. The van der Waals surface area contributed by atoms with Crippen LogP contribution in [0, 0.1) is 11.3 Å². The van der Waals surface area contributed by atoms with Crippen LogP contribution in [0.2, 0.25) is 0 Å². The van der Waals surface area contributed by atoms with E-state index in [4.69, 9.17) is 0 Å². The van der Waals surface area contributed by atoms with E-state index in [1.165, 1.54) is 0 Å². The molecule has 2 atom stereocenters. The highest BCUT2D eigenvalue weighted by Gasteiger charge is 2.54. The molecule has 0 aromatic heterocycles. The van der Waals surface area contributed by atoms with Crippen molar-refractivity contribution in [3.05, 3.63) is 30.3 Å². The van der Waals surface area contributed by atoms with E-state index in [0.717, 1.165) is 24.9 Å². The average molecular weight is 288 g/mol. The molecule has 1 aliphatic carbocycles. The first-order valence-corrected chi connectivity index (χ1v) is 7.41. The van der Waals surface area contributed by atoms with Gasteiger partial charge in [0.15, 0.2) is 0 Å². The first kappa shape index (κ1) is 14.1. The van der Waals surface area contributed by atoms with Crippen LogP contribution in [0.5, 0.6) is 0 Å². The number of aliphatic carboxylic acids is 1. The third kappa shape index (κ3) is 2.65. The third-order valence-electron chi connectivity index (χ3n) is 4.79. The van der Waals surface area contributed by atoms with Crippen LogP contribution in [0.4, 0.5) is 5.69 Å². The largest absolute Gasteiger partial charge is 0.481 e. The number of hydrogen-bond donors (Lipinski definition) is 2. The molecule has 0 radical (unpaired) electrons. The van der Waals surface area contributed by atoms with Gasteiger partial charge in [0.05, 0.1) is 12.0 Å². The fourth-order valence-corrected chi connectivity index (χ4v) is 3.79. The van der Waals surface area contributed by atoms with Crippen LogP contribution in [0.1, 0.15) is 19.3 Å². The average Bonchev–Trinajstić information content (AvgIpc) is 2.97. The van der Waals surface area contributed by atoms with Crippen molar-refractivity contribution < 1.29 is 14.7 Å². The van der Waals surface area contributed by atoms with Gasteiger partial charge in [-0.3, -0.25) is 14.5 Å². The molecule has 1 amide bonds. The number of carbonyl (C=O) groups excluding carboxylic acids is 1. The van der Waals surface area contributed by atoms with Crippen LogP contribution in [-0.4, -0.2) is 41.5 Å². The molecule has 2 aliphatic rings. The molecule has 21 heavy (non-hydrogen) atoms. The summed E-state index contributed by atoms with van der Waals surface area (Å²) in [5, 5.41) is 12.4. The zero-order valence-electron chi connectivity index (χ0n) is 11.9. The molecule has 1 aromatic rings. The second-order valence-electron chi connectivity index (χ2n) is 6.13. The second-order valence-corrected chi connectivity index (χ2v) is 6.13. The number of carboxylic acids is 1. The van der Waals surface area contributed by atoms with Crippen molar-refractivity contribution in [2.24, 2.45) is 11.3 Å². The maximum atomic E-state index is 12.1. The van der Waals surface area contributed by atoms with Gasteiger partial charge in [-0.25, -0.2) is 0 Å². The molecule has 1 saturated heterocycles. The Hall–Kier alpha value is -1.88. The second kappa shape index (κ2) is 5.48. The molecule has 2 fully saturated rings. The number of rotatable bonds is 4. The topological polar surface area (TPSA) is 69.6 Å². The van der Waals surface area contributed by atoms with Gasteiger partial charge >= 0.3 is 5.97 Å². The van der Waals surface area contributed by atoms with Gasteiger partial charge in [-0.15, -0.1) is 0 Å². The van der Waals surface area contributed by atoms with Crippen molar-refractivity contribution in [2.45, 2.75) is 19.3 Å². The maximum Gasteiger partial charge on any atom is 0.311 e. The van der Waals surface area contributed by atoms with E-state index in [-0.39, 0.29) is 18.4 Å². The van der Waals surface area contributed by atoms with Gasteiger partial charge in [-0.1, -0.05) is 24.6 Å². The highest BCUT2D eigenvalue weighted by atomic mass is 16.4. The number of benzene rings is 1. The molecule has 5 nitrogen and oxygen atoms in total. The number of hydrogen-bond acceptors (Lipinski definition) is 3. The number of likely N-dealkylation sites (tertiary alicyclic amines) is 1. The van der Waals surface area contributed by atoms with E-state index < -0.39 is 11.4 Å². The molecule has 1 saturated carbocycles. The molecule has 3 rings (SSSR count). The zero-order chi connectivity index (χ0) is 14.9. The van der Waals surface area contributed by atoms with Crippen molar-refractivity contribution in [1.82, 2.24) is 4.90 Å². The number of amides is 1. The smallest absolute Gasteiger partial charge is 0.311 e. The van der Waals surface area contributed by atoms with Crippen LogP contribution in [0.3, 0.4) is 0 Å². The quantitative estimate of drug-likeness (QED) is 0.886. The van der Waals surface area contributed by atoms with Crippen molar-refractivity contribution >= 4 is 17.6 Å². The van der Waals surface area contributed by atoms with Gasteiger partial charge in [0.25, 0.3) is 0 Å². The van der Waals surface area contributed by atoms with Crippen LogP contribution in [0.25, 0.3) is 0 Å². The molecule has 0 bridgehead atoms. The van der Waals surface area contributed by atoms with Gasteiger partial charge in [-0.05, 0) is 30.9 Å². The number of nitrogens with one attached hydrogen (secondary N) is 1. The van der Waals surface area contributed by atoms with Crippen LogP contribution in [-0.2, 0) is 9.59 Å². The van der Waals surface area contributed by atoms with E-state index in [1.54, 1.807) is 0 Å². The fraction of sp³-hybridized carbons (Fsp3) is 0.500.